The molecule has 3 aromatic rings. The van der Waals surface area contributed by atoms with E-state index >= 15 is 0 Å². The Morgan fingerprint density at radius 2 is 1.74 bits per heavy atom. The molecule has 198 valence electrons. The van der Waals surface area contributed by atoms with Gasteiger partial charge in [0.1, 0.15) is 21.5 Å². The van der Waals surface area contributed by atoms with Crippen LogP contribution in [0.3, 0.4) is 0 Å². The zero-order valence-electron chi connectivity index (χ0n) is 22.4. The van der Waals surface area contributed by atoms with Gasteiger partial charge in [0, 0.05) is 10.9 Å². The van der Waals surface area contributed by atoms with E-state index in [0.717, 1.165) is 31.4 Å². The van der Waals surface area contributed by atoms with Crippen molar-refractivity contribution in [2.24, 2.45) is 5.92 Å². The van der Waals surface area contributed by atoms with E-state index in [1.54, 1.807) is 23.6 Å². The lowest BCUT2D eigenvalue weighted by Crippen LogP contribution is -2.59. The molecule has 1 aliphatic rings. The first-order valence-corrected chi connectivity index (χ1v) is 14.0. The zero-order valence-corrected chi connectivity index (χ0v) is 23.2. The van der Waals surface area contributed by atoms with Crippen LogP contribution in [0.15, 0.2) is 53.9 Å². The third-order valence-electron chi connectivity index (χ3n) is 7.76. The van der Waals surface area contributed by atoms with Gasteiger partial charge in [0.05, 0.1) is 22.6 Å². The number of carboxylic acid groups (broad SMARTS) is 1. The number of nitrogens with one attached hydrogen (secondary N) is 2. The van der Waals surface area contributed by atoms with Crippen LogP contribution in [0.1, 0.15) is 56.3 Å². The van der Waals surface area contributed by atoms with E-state index < -0.39 is 17.8 Å². The molecule has 0 atom stereocenters. The van der Waals surface area contributed by atoms with Crippen LogP contribution in [0, 0.1) is 11.7 Å². The van der Waals surface area contributed by atoms with Crippen molar-refractivity contribution < 1.29 is 19.1 Å². The van der Waals surface area contributed by atoms with Crippen molar-refractivity contribution in [1.29, 1.82) is 0 Å². The highest BCUT2D eigenvalue weighted by molar-refractivity contribution is 7.14. The van der Waals surface area contributed by atoms with Crippen LogP contribution in [0.2, 0.25) is 0 Å². The lowest BCUT2D eigenvalue weighted by molar-refractivity contribution is 0.0698. The summed E-state index contributed by atoms with van der Waals surface area (Å²) in [5.41, 5.74) is 2.43. The second-order valence-corrected chi connectivity index (χ2v) is 11.6. The minimum absolute atomic E-state index is 0.0840. The zero-order chi connectivity index (χ0) is 27.4. The fraction of sp³-hybridized carbons (Fsp3) is 0.357. The molecule has 0 radical (unpaired) electrons. The van der Waals surface area contributed by atoms with Gasteiger partial charge in [0.25, 0.3) is 0 Å². The standard InChI is InChI=1S/C28H34B2FN3O3S/c1-17(2)28(29,30)34(19-8-4-3-5-9-19)24-13-12-18(25-20(26(35)36)14-15-38-25)16-23(24)33-27(37)32-22-11-7-6-10-21(22)31/h6-7,10-17,19H,3-5,8-9,29-30H2,1-2H3,(H,35,36)(H2,32,33,37). The molecule has 1 aromatic heterocycles. The van der Waals surface area contributed by atoms with Gasteiger partial charge < -0.3 is 20.6 Å². The van der Waals surface area contributed by atoms with Crippen molar-refractivity contribution >= 4 is 56.1 Å². The summed E-state index contributed by atoms with van der Waals surface area (Å²) in [4.78, 5) is 28.0. The number of aromatic carboxylic acids is 1. The van der Waals surface area contributed by atoms with Crippen LogP contribution in [-0.2, 0) is 0 Å². The normalized spacial score (nSPS) is 14.3. The van der Waals surface area contributed by atoms with Crippen molar-refractivity contribution in [3.63, 3.8) is 0 Å². The molecule has 1 fully saturated rings. The monoisotopic (exact) mass is 533 g/mol. The molecule has 0 bridgehead atoms. The summed E-state index contributed by atoms with van der Waals surface area (Å²) in [5.74, 6) is -1.20. The van der Waals surface area contributed by atoms with Gasteiger partial charge in [-0.25, -0.2) is 14.0 Å². The summed E-state index contributed by atoms with van der Waals surface area (Å²) in [5, 5.41) is 16.8. The first-order valence-electron chi connectivity index (χ1n) is 13.2. The predicted octanol–water partition coefficient (Wildman–Crippen LogP) is 5.61. The fourth-order valence-corrected chi connectivity index (χ4v) is 6.01. The lowest BCUT2D eigenvalue weighted by Gasteiger charge is -2.50. The molecule has 0 aliphatic heterocycles. The van der Waals surface area contributed by atoms with E-state index in [1.807, 2.05) is 18.2 Å². The number of halogens is 1. The fourth-order valence-electron chi connectivity index (χ4n) is 5.12. The Bertz CT molecular complexity index is 1310. The van der Waals surface area contributed by atoms with Gasteiger partial charge in [0.2, 0.25) is 0 Å². The summed E-state index contributed by atoms with van der Waals surface area (Å²) < 4.78 is 14.2. The van der Waals surface area contributed by atoms with Crippen molar-refractivity contribution in [2.45, 2.75) is 57.3 Å². The van der Waals surface area contributed by atoms with Crippen LogP contribution in [0.4, 0.5) is 26.2 Å². The van der Waals surface area contributed by atoms with E-state index in [-0.39, 0.29) is 16.6 Å². The molecule has 1 aliphatic carbocycles. The Labute approximate surface area is 229 Å². The summed E-state index contributed by atoms with van der Waals surface area (Å²) in [7, 11) is 4.45. The molecule has 2 aromatic carbocycles. The number of rotatable bonds is 8. The molecule has 10 heteroatoms. The van der Waals surface area contributed by atoms with Crippen molar-refractivity contribution in [3.8, 4) is 10.4 Å². The number of thiophene rings is 1. The summed E-state index contributed by atoms with van der Waals surface area (Å²) in [6.07, 6.45) is 5.65. The molecule has 0 spiro atoms. The van der Waals surface area contributed by atoms with Crippen LogP contribution in [0.25, 0.3) is 10.4 Å². The van der Waals surface area contributed by atoms with E-state index in [2.05, 4.69) is 45.1 Å². The molecule has 38 heavy (non-hydrogen) atoms. The average Bonchev–Trinajstić information content (AvgIpc) is 3.37. The number of benzene rings is 2. The minimum atomic E-state index is -0.998. The van der Waals surface area contributed by atoms with Crippen LogP contribution < -0.4 is 15.5 Å². The number of carbonyl (C=O) groups excluding carboxylic acids is 1. The highest BCUT2D eigenvalue weighted by Crippen LogP contribution is 2.41. The van der Waals surface area contributed by atoms with Crippen LogP contribution >= 0.6 is 11.3 Å². The third-order valence-corrected chi connectivity index (χ3v) is 8.72. The number of hydrogen-bond donors (Lipinski definition) is 3. The first kappa shape index (κ1) is 27.8. The molecular weight excluding hydrogens is 499 g/mol. The summed E-state index contributed by atoms with van der Waals surface area (Å²) >= 11 is 1.34. The second-order valence-electron chi connectivity index (χ2n) is 10.7. The van der Waals surface area contributed by atoms with Gasteiger partial charge in [-0.3, -0.25) is 0 Å². The Hall–Kier alpha value is -3.26. The largest absolute Gasteiger partial charge is 0.478 e. The number of para-hydroxylation sites is 1. The Morgan fingerprint density at radius 3 is 2.39 bits per heavy atom. The summed E-state index contributed by atoms with van der Waals surface area (Å²) in [6.45, 7) is 4.40. The van der Waals surface area contributed by atoms with Gasteiger partial charge in [-0.2, -0.15) is 0 Å². The number of anilines is 3. The summed E-state index contributed by atoms with van der Waals surface area (Å²) in [6, 6.07) is 13.1. The van der Waals surface area contributed by atoms with Gasteiger partial charge in [-0.1, -0.05) is 51.3 Å². The topological polar surface area (TPSA) is 81.7 Å². The Kier molecular flexibility index (Phi) is 8.51. The quantitative estimate of drug-likeness (QED) is 0.329. The van der Waals surface area contributed by atoms with Gasteiger partial charge in [0.15, 0.2) is 0 Å². The minimum Gasteiger partial charge on any atom is -0.478 e. The highest BCUT2D eigenvalue weighted by Gasteiger charge is 2.37. The molecule has 0 unspecified atom stereocenters. The van der Waals surface area contributed by atoms with Crippen LogP contribution in [0.5, 0.6) is 0 Å². The lowest BCUT2D eigenvalue weighted by atomic mass is 9.54. The smallest absolute Gasteiger partial charge is 0.337 e. The van der Waals surface area contributed by atoms with Gasteiger partial charge in [-0.15, -0.1) is 11.3 Å². The maximum absolute atomic E-state index is 14.2. The predicted molar refractivity (Wildman–Crippen MR) is 160 cm³/mol. The number of amides is 2. The molecule has 3 N–H and O–H groups in total. The highest BCUT2D eigenvalue weighted by atomic mass is 32.1. The number of nitrogens with zero attached hydrogens (tertiary/aromatic N) is 1. The van der Waals surface area contributed by atoms with Gasteiger partial charge >= 0.3 is 12.0 Å². The SMILES string of the molecule is BC(B)(C(C)C)N(c1ccc(-c2sccc2C(=O)O)cc1NC(=O)Nc1ccccc1F)C1CCCCC1. The molecule has 1 saturated carbocycles. The van der Waals surface area contributed by atoms with E-state index in [4.69, 9.17) is 0 Å². The number of carboxylic acids is 1. The molecule has 6 nitrogen and oxygen atoms in total. The Balaban J connectivity index is 1.81. The first-order chi connectivity index (χ1) is 18.1. The van der Waals surface area contributed by atoms with Crippen molar-refractivity contribution in [3.05, 3.63) is 65.3 Å². The molecule has 0 saturated heterocycles. The van der Waals surface area contributed by atoms with Crippen LogP contribution in [-0.4, -0.2) is 44.2 Å². The van der Waals surface area contributed by atoms with E-state index in [0.29, 0.717) is 28.1 Å². The molecular formula is C28H34B2FN3O3S. The Morgan fingerprint density at radius 1 is 1.05 bits per heavy atom. The van der Waals surface area contributed by atoms with Crippen molar-refractivity contribution in [2.75, 3.05) is 15.5 Å². The van der Waals surface area contributed by atoms with Crippen molar-refractivity contribution in [1.82, 2.24) is 0 Å². The molecule has 2 amide bonds. The second kappa shape index (κ2) is 11.6. The molecule has 4 rings (SSSR count). The number of hydrogen-bond acceptors (Lipinski definition) is 4. The average molecular weight is 533 g/mol. The number of carbonyl (C=O) groups is 2. The maximum atomic E-state index is 14.2. The van der Waals surface area contributed by atoms with Gasteiger partial charge in [-0.05, 0) is 65.4 Å². The molecule has 1 heterocycles. The van der Waals surface area contributed by atoms with E-state index in [9.17, 15) is 19.1 Å². The van der Waals surface area contributed by atoms with E-state index in [1.165, 1.54) is 29.9 Å². The maximum Gasteiger partial charge on any atom is 0.337 e. The number of urea groups is 1. The third kappa shape index (κ3) is 5.90.